The van der Waals surface area contributed by atoms with Gasteiger partial charge in [0.2, 0.25) is 5.91 Å². The molecule has 110 valence electrons. The summed E-state index contributed by atoms with van der Waals surface area (Å²) >= 11 is 0. The summed E-state index contributed by atoms with van der Waals surface area (Å²) in [4.78, 5) is 23.1. The van der Waals surface area contributed by atoms with Crippen LogP contribution in [0.1, 0.15) is 51.9 Å². The molecule has 1 atom stereocenters. The molecule has 19 heavy (non-hydrogen) atoms. The van der Waals surface area contributed by atoms with Gasteiger partial charge < -0.3 is 15.5 Å². The van der Waals surface area contributed by atoms with E-state index in [4.69, 9.17) is 5.11 Å². The van der Waals surface area contributed by atoms with Crippen molar-refractivity contribution in [3.05, 3.63) is 0 Å². The maximum atomic E-state index is 11.8. The Balaban J connectivity index is 2.28. The number of carbonyl (C=O) groups is 2. The minimum atomic E-state index is -0.839. The fourth-order valence-corrected chi connectivity index (χ4v) is 2.66. The number of aliphatic carboxylic acids is 1. The second-order valence-corrected chi connectivity index (χ2v) is 5.75. The molecule has 0 aromatic rings. The number of hydrogen-bond acceptors (Lipinski definition) is 3. The van der Waals surface area contributed by atoms with Crippen molar-refractivity contribution in [1.29, 1.82) is 0 Å². The first-order chi connectivity index (χ1) is 9.00. The average molecular weight is 271 g/mol. The zero-order valence-corrected chi connectivity index (χ0v) is 11.7. The molecule has 0 spiro atoms. The van der Waals surface area contributed by atoms with Gasteiger partial charge in [0, 0.05) is 19.6 Å². The van der Waals surface area contributed by atoms with Gasteiger partial charge in [-0.2, -0.15) is 0 Å². The van der Waals surface area contributed by atoms with Crippen LogP contribution in [0.2, 0.25) is 0 Å². The molecule has 1 rings (SSSR count). The lowest BCUT2D eigenvalue weighted by molar-refractivity contribution is -0.151. The normalized spacial score (nSPS) is 19.1. The third-order valence-electron chi connectivity index (χ3n) is 4.02. The smallest absolute Gasteiger partial charge is 0.310 e. The molecule has 0 radical (unpaired) electrons. The Morgan fingerprint density at radius 3 is 2.47 bits per heavy atom. The molecule has 5 nitrogen and oxygen atoms in total. The van der Waals surface area contributed by atoms with Crippen molar-refractivity contribution in [1.82, 2.24) is 5.32 Å². The molecule has 3 N–H and O–H groups in total. The van der Waals surface area contributed by atoms with E-state index < -0.39 is 11.4 Å². The number of hydrogen-bond donors (Lipinski definition) is 3. The second kappa shape index (κ2) is 7.48. The Bertz CT molecular complexity index is 311. The van der Waals surface area contributed by atoms with Gasteiger partial charge in [-0.15, -0.1) is 0 Å². The maximum absolute atomic E-state index is 11.8. The van der Waals surface area contributed by atoms with Crippen molar-refractivity contribution in [2.45, 2.75) is 51.9 Å². The first-order valence-electron chi connectivity index (χ1n) is 7.11. The van der Waals surface area contributed by atoms with Crippen molar-refractivity contribution >= 4 is 11.9 Å². The monoisotopic (exact) mass is 271 g/mol. The van der Waals surface area contributed by atoms with Crippen LogP contribution in [0.15, 0.2) is 0 Å². The molecule has 1 saturated carbocycles. The van der Waals surface area contributed by atoms with Crippen LogP contribution in [0.4, 0.5) is 0 Å². The molecule has 1 aliphatic rings. The molecule has 0 aromatic heterocycles. The van der Waals surface area contributed by atoms with E-state index in [0.717, 1.165) is 25.7 Å². The van der Waals surface area contributed by atoms with Gasteiger partial charge in [-0.3, -0.25) is 9.59 Å². The molecule has 0 heterocycles. The van der Waals surface area contributed by atoms with Crippen LogP contribution in [0, 0.1) is 11.3 Å². The lowest BCUT2D eigenvalue weighted by atomic mass is 9.82. The van der Waals surface area contributed by atoms with Crippen molar-refractivity contribution < 1.29 is 19.8 Å². The van der Waals surface area contributed by atoms with Crippen LogP contribution >= 0.6 is 0 Å². The summed E-state index contributed by atoms with van der Waals surface area (Å²) in [5.74, 6) is -0.757. The minimum absolute atomic E-state index is 0.0951. The zero-order valence-electron chi connectivity index (χ0n) is 11.7. The maximum Gasteiger partial charge on any atom is 0.310 e. The van der Waals surface area contributed by atoms with Gasteiger partial charge in [-0.25, -0.2) is 0 Å². The summed E-state index contributed by atoms with van der Waals surface area (Å²) in [5, 5.41) is 20.9. The molecule has 1 amide bonds. The highest BCUT2D eigenvalue weighted by Gasteiger charge is 2.42. The van der Waals surface area contributed by atoms with Crippen molar-refractivity contribution in [2.24, 2.45) is 11.3 Å². The number of rotatable bonds is 8. The van der Waals surface area contributed by atoms with Crippen molar-refractivity contribution in [3.8, 4) is 0 Å². The first-order valence-corrected chi connectivity index (χ1v) is 7.11. The van der Waals surface area contributed by atoms with Gasteiger partial charge in [0.1, 0.15) is 0 Å². The summed E-state index contributed by atoms with van der Waals surface area (Å²) in [5.41, 5.74) is -0.831. The van der Waals surface area contributed by atoms with Crippen LogP contribution in [-0.4, -0.2) is 35.2 Å². The summed E-state index contributed by atoms with van der Waals surface area (Å²) < 4.78 is 0. The molecular weight excluding hydrogens is 246 g/mol. The Morgan fingerprint density at radius 2 is 1.95 bits per heavy atom. The van der Waals surface area contributed by atoms with Crippen LogP contribution in [0.5, 0.6) is 0 Å². The lowest BCUT2D eigenvalue weighted by Crippen LogP contribution is -2.36. The van der Waals surface area contributed by atoms with Gasteiger partial charge in [0.25, 0.3) is 0 Å². The third kappa shape index (κ3) is 4.82. The Morgan fingerprint density at radius 1 is 1.32 bits per heavy atom. The Labute approximate surface area is 114 Å². The van der Waals surface area contributed by atoms with Gasteiger partial charge in [0.15, 0.2) is 0 Å². The predicted octanol–water partition coefficient (Wildman–Crippen LogP) is 1.55. The van der Waals surface area contributed by atoms with E-state index in [1.54, 1.807) is 0 Å². The van der Waals surface area contributed by atoms with E-state index in [-0.39, 0.29) is 24.9 Å². The number of aliphatic hydroxyl groups is 1. The number of aliphatic hydroxyl groups excluding tert-OH is 1. The van der Waals surface area contributed by atoms with Crippen LogP contribution in [-0.2, 0) is 9.59 Å². The van der Waals surface area contributed by atoms with E-state index >= 15 is 0 Å². The molecule has 0 bridgehead atoms. The lowest BCUT2D eigenvalue weighted by Gasteiger charge is -2.22. The quantitative estimate of drug-likeness (QED) is 0.584. The van der Waals surface area contributed by atoms with Crippen LogP contribution < -0.4 is 5.32 Å². The number of amides is 1. The van der Waals surface area contributed by atoms with Gasteiger partial charge >= 0.3 is 5.97 Å². The standard InChI is InChI=1S/C14H25NO4/c1-11(10-16)5-4-8-15-12(17)9-14(13(18)19)6-2-3-7-14/h11,16H,2-10H2,1H3,(H,15,17)(H,18,19). The van der Waals surface area contributed by atoms with Crippen molar-refractivity contribution in [3.63, 3.8) is 0 Å². The number of carbonyl (C=O) groups excluding carboxylic acids is 1. The molecule has 0 saturated heterocycles. The molecule has 1 fully saturated rings. The van der Waals surface area contributed by atoms with Gasteiger partial charge in [-0.05, 0) is 31.6 Å². The highest BCUT2D eigenvalue weighted by atomic mass is 16.4. The molecule has 1 unspecified atom stereocenters. The molecule has 0 aromatic carbocycles. The second-order valence-electron chi connectivity index (χ2n) is 5.75. The van der Waals surface area contributed by atoms with E-state index in [1.807, 2.05) is 6.92 Å². The summed E-state index contributed by atoms with van der Waals surface area (Å²) in [6.07, 6.45) is 4.78. The molecule has 5 heteroatoms. The first kappa shape index (κ1) is 16.0. The fourth-order valence-electron chi connectivity index (χ4n) is 2.66. The number of carboxylic acids is 1. The van der Waals surface area contributed by atoms with Gasteiger partial charge in [0.05, 0.1) is 5.41 Å². The number of nitrogens with one attached hydrogen (secondary N) is 1. The van der Waals surface area contributed by atoms with E-state index in [0.29, 0.717) is 19.4 Å². The van der Waals surface area contributed by atoms with E-state index in [1.165, 1.54) is 0 Å². The fraction of sp³-hybridized carbons (Fsp3) is 0.857. The Hall–Kier alpha value is -1.10. The summed E-state index contributed by atoms with van der Waals surface area (Å²) in [6, 6.07) is 0. The number of carboxylic acid groups (broad SMARTS) is 1. The van der Waals surface area contributed by atoms with E-state index in [2.05, 4.69) is 5.32 Å². The summed E-state index contributed by atoms with van der Waals surface area (Å²) in [7, 11) is 0. The zero-order chi connectivity index (χ0) is 14.3. The minimum Gasteiger partial charge on any atom is -0.481 e. The molecule has 0 aliphatic heterocycles. The van der Waals surface area contributed by atoms with Crippen LogP contribution in [0.25, 0.3) is 0 Å². The average Bonchev–Trinajstić information content (AvgIpc) is 2.84. The third-order valence-corrected chi connectivity index (χ3v) is 4.02. The molecular formula is C14H25NO4. The SMILES string of the molecule is CC(CO)CCCNC(=O)CC1(C(=O)O)CCCC1. The summed E-state index contributed by atoms with van der Waals surface area (Å²) in [6.45, 7) is 2.68. The largest absolute Gasteiger partial charge is 0.481 e. The topological polar surface area (TPSA) is 86.6 Å². The van der Waals surface area contributed by atoms with Crippen molar-refractivity contribution in [2.75, 3.05) is 13.2 Å². The van der Waals surface area contributed by atoms with Gasteiger partial charge in [-0.1, -0.05) is 19.8 Å². The highest BCUT2D eigenvalue weighted by molar-refractivity contribution is 5.85. The predicted molar refractivity (Wildman–Crippen MR) is 71.6 cm³/mol. The van der Waals surface area contributed by atoms with E-state index in [9.17, 15) is 14.7 Å². The molecule has 1 aliphatic carbocycles. The highest BCUT2D eigenvalue weighted by Crippen LogP contribution is 2.41. The van der Waals surface area contributed by atoms with Crippen LogP contribution in [0.3, 0.4) is 0 Å². The Kier molecular flexibility index (Phi) is 6.28.